The van der Waals surface area contributed by atoms with Gasteiger partial charge in [-0.2, -0.15) is 0 Å². The van der Waals surface area contributed by atoms with E-state index in [1.807, 2.05) is 25.2 Å². The molecule has 1 aliphatic carbocycles. The first-order valence-electron chi connectivity index (χ1n) is 4.30. The average Bonchev–Trinajstić information content (AvgIpc) is 2.52. The molecule has 0 bridgehead atoms. The summed E-state index contributed by atoms with van der Waals surface area (Å²) in [6.45, 7) is 1.98. The summed E-state index contributed by atoms with van der Waals surface area (Å²) in [6, 6.07) is 0. The molecule has 2 atom stereocenters. The van der Waals surface area contributed by atoms with Gasteiger partial charge in [0.25, 0.3) is 0 Å². The number of hydrogen-bond donors (Lipinski definition) is 0. The lowest BCUT2D eigenvalue weighted by atomic mass is 9.97. The highest BCUT2D eigenvalue weighted by Gasteiger charge is 2.18. The lowest BCUT2D eigenvalue weighted by molar-refractivity contribution is -0.111. The Bertz CT molecular complexity index is 223. The summed E-state index contributed by atoms with van der Waals surface area (Å²) in [5.41, 5.74) is 0. The summed E-state index contributed by atoms with van der Waals surface area (Å²) in [5.74, 6) is 0.491. The fraction of sp³-hybridized carbons (Fsp3) is 0.364. The number of carbonyl (C=O) groups is 1. The van der Waals surface area contributed by atoms with Gasteiger partial charge in [-0.05, 0) is 13.3 Å². The maximum Gasteiger partial charge on any atom is 0.124 e. The molecule has 0 aliphatic heterocycles. The van der Waals surface area contributed by atoms with Crippen molar-refractivity contribution in [2.24, 2.45) is 11.8 Å². The van der Waals surface area contributed by atoms with E-state index in [2.05, 4.69) is 18.2 Å². The molecule has 0 amide bonds. The van der Waals surface area contributed by atoms with Crippen molar-refractivity contribution in [2.75, 3.05) is 0 Å². The van der Waals surface area contributed by atoms with Gasteiger partial charge in [0.2, 0.25) is 0 Å². The topological polar surface area (TPSA) is 17.1 Å². The minimum Gasteiger partial charge on any atom is -0.303 e. The Labute approximate surface area is 73.5 Å². The van der Waals surface area contributed by atoms with Crippen LogP contribution in [-0.4, -0.2) is 6.29 Å². The zero-order valence-corrected chi connectivity index (χ0v) is 7.31. The summed E-state index contributed by atoms with van der Waals surface area (Å²) in [6.07, 6.45) is 14.1. The van der Waals surface area contributed by atoms with Crippen molar-refractivity contribution in [2.45, 2.75) is 13.3 Å². The van der Waals surface area contributed by atoms with Gasteiger partial charge in [0.05, 0.1) is 0 Å². The van der Waals surface area contributed by atoms with Crippen molar-refractivity contribution < 1.29 is 4.79 Å². The number of hydrogen-bond acceptors (Lipinski definition) is 1. The molecule has 0 aromatic rings. The standard InChI is InChI=1S/C11H14O/c1-2-3-4-6-10-7-5-8-11(10)9-12/h2-7,9-11H,8H2,1H3/b3-2+,6-4-/t10-,11-/m1/s1. The maximum atomic E-state index is 10.6. The Balaban J connectivity index is 2.50. The van der Waals surface area contributed by atoms with Crippen LogP contribution in [0.5, 0.6) is 0 Å². The maximum absolute atomic E-state index is 10.6. The van der Waals surface area contributed by atoms with Crippen molar-refractivity contribution in [3.63, 3.8) is 0 Å². The van der Waals surface area contributed by atoms with Crippen LogP contribution in [0.15, 0.2) is 36.5 Å². The fourth-order valence-electron chi connectivity index (χ4n) is 1.35. The predicted molar refractivity (Wildman–Crippen MR) is 50.8 cm³/mol. The number of rotatable bonds is 3. The molecular formula is C11H14O. The summed E-state index contributed by atoms with van der Waals surface area (Å²) < 4.78 is 0. The molecule has 0 N–H and O–H groups in total. The van der Waals surface area contributed by atoms with E-state index in [0.717, 1.165) is 12.7 Å². The van der Waals surface area contributed by atoms with Crippen LogP contribution in [0.4, 0.5) is 0 Å². The molecule has 1 heteroatoms. The highest BCUT2D eigenvalue weighted by Crippen LogP contribution is 2.24. The Morgan fingerprint density at radius 1 is 1.42 bits per heavy atom. The van der Waals surface area contributed by atoms with Crippen LogP contribution < -0.4 is 0 Å². The van der Waals surface area contributed by atoms with E-state index < -0.39 is 0 Å². The molecule has 0 fully saturated rings. The first kappa shape index (κ1) is 8.98. The summed E-state index contributed by atoms with van der Waals surface area (Å²) >= 11 is 0. The quantitative estimate of drug-likeness (QED) is 0.354. The molecule has 12 heavy (non-hydrogen) atoms. The SMILES string of the molecule is C/C=C/C=C\[C@@H]1C=CC[C@@H]1C=O. The largest absolute Gasteiger partial charge is 0.303 e. The lowest BCUT2D eigenvalue weighted by Crippen LogP contribution is -2.06. The van der Waals surface area contributed by atoms with Gasteiger partial charge in [-0.15, -0.1) is 0 Å². The lowest BCUT2D eigenvalue weighted by Gasteiger charge is -2.06. The molecule has 0 saturated carbocycles. The number of allylic oxidation sites excluding steroid dienone is 6. The predicted octanol–water partition coefficient (Wildman–Crippen LogP) is 2.51. The van der Waals surface area contributed by atoms with Crippen LogP contribution in [0.1, 0.15) is 13.3 Å². The van der Waals surface area contributed by atoms with Gasteiger partial charge >= 0.3 is 0 Å². The third-order valence-electron chi connectivity index (χ3n) is 2.07. The summed E-state index contributed by atoms with van der Waals surface area (Å²) in [5, 5.41) is 0. The zero-order chi connectivity index (χ0) is 8.81. The molecule has 0 unspecified atom stereocenters. The van der Waals surface area contributed by atoms with Gasteiger partial charge < -0.3 is 4.79 Å². The highest BCUT2D eigenvalue weighted by molar-refractivity contribution is 5.57. The van der Waals surface area contributed by atoms with Gasteiger partial charge in [0.1, 0.15) is 6.29 Å². The molecule has 0 saturated heterocycles. The first-order chi connectivity index (χ1) is 5.88. The van der Waals surface area contributed by atoms with Crippen LogP contribution in [-0.2, 0) is 4.79 Å². The minimum atomic E-state index is 0.173. The van der Waals surface area contributed by atoms with Crippen molar-refractivity contribution >= 4 is 6.29 Å². The van der Waals surface area contributed by atoms with Crippen LogP contribution in [0, 0.1) is 11.8 Å². The van der Waals surface area contributed by atoms with E-state index in [1.165, 1.54) is 0 Å². The van der Waals surface area contributed by atoms with Gasteiger partial charge in [0, 0.05) is 11.8 Å². The average molecular weight is 162 g/mol. The molecule has 0 aromatic heterocycles. The van der Waals surface area contributed by atoms with Crippen molar-refractivity contribution in [1.82, 2.24) is 0 Å². The Morgan fingerprint density at radius 3 is 2.92 bits per heavy atom. The second-order valence-corrected chi connectivity index (χ2v) is 2.95. The first-order valence-corrected chi connectivity index (χ1v) is 4.30. The van der Waals surface area contributed by atoms with E-state index >= 15 is 0 Å². The van der Waals surface area contributed by atoms with Crippen LogP contribution in [0.2, 0.25) is 0 Å². The van der Waals surface area contributed by atoms with E-state index in [4.69, 9.17) is 0 Å². The van der Waals surface area contributed by atoms with Crippen LogP contribution in [0.25, 0.3) is 0 Å². The molecule has 0 heterocycles. The second kappa shape index (κ2) is 4.70. The van der Waals surface area contributed by atoms with Crippen LogP contribution in [0.3, 0.4) is 0 Å². The summed E-state index contributed by atoms with van der Waals surface area (Å²) in [7, 11) is 0. The molecule has 0 radical (unpaired) electrons. The Kier molecular flexibility index (Phi) is 3.52. The van der Waals surface area contributed by atoms with E-state index in [9.17, 15) is 4.79 Å². The molecule has 1 rings (SSSR count). The van der Waals surface area contributed by atoms with Gasteiger partial charge in [-0.3, -0.25) is 0 Å². The third kappa shape index (κ3) is 2.19. The molecule has 1 nitrogen and oxygen atoms in total. The van der Waals surface area contributed by atoms with Crippen LogP contribution >= 0.6 is 0 Å². The van der Waals surface area contributed by atoms with Gasteiger partial charge in [-0.1, -0.05) is 36.5 Å². The van der Waals surface area contributed by atoms with Gasteiger partial charge in [0.15, 0.2) is 0 Å². The minimum absolute atomic E-state index is 0.173. The normalized spacial score (nSPS) is 29.1. The highest BCUT2D eigenvalue weighted by atomic mass is 16.1. The van der Waals surface area contributed by atoms with Crippen molar-refractivity contribution in [3.8, 4) is 0 Å². The third-order valence-corrected chi connectivity index (χ3v) is 2.07. The summed E-state index contributed by atoms with van der Waals surface area (Å²) in [4.78, 5) is 10.6. The number of aldehydes is 1. The van der Waals surface area contributed by atoms with Gasteiger partial charge in [-0.25, -0.2) is 0 Å². The molecule has 1 aliphatic rings. The number of carbonyl (C=O) groups excluding carboxylic acids is 1. The smallest absolute Gasteiger partial charge is 0.124 e. The van der Waals surface area contributed by atoms with Crippen molar-refractivity contribution in [3.05, 3.63) is 36.5 Å². The Morgan fingerprint density at radius 2 is 2.25 bits per heavy atom. The van der Waals surface area contributed by atoms with E-state index in [0.29, 0.717) is 5.92 Å². The molecule has 0 spiro atoms. The molecular weight excluding hydrogens is 148 g/mol. The van der Waals surface area contributed by atoms with E-state index in [1.54, 1.807) is 0 Å². The monoisotopic (exact) mass is 162 g/mol. The fourth-order valence-corrected chi connectivity index (χ4v) is 1.35. The Hall–Kier alpha value is -1.11. The molecule has 0 aromatic carbocycles. The molecule has 64 valence electrons. The van der Waals surface area contributed by atoms with Crippen molar-refractivity contribution in [1.29, 1.82) is 0 Å². The second-order valence-electron chi connectivity index (χ2n) is 2.95. The zero-order valence-electron chi connectivity index (χ0n) is 7.31. The van der Waals surface area contributed by atoms with E-state index in [-0.39, 0.29) is 5.92 Å².